The minimum absolute atomic E-state index is 0.826. The molecule has 0 aliphatic heterocycles. The smallest absolute Gasteiger partial charge is 0.0522 e. The minimum atomic E-state index is 0.826. The number of allylic oxidation sites excluding steroid dienone is 3. The maximum absolute atomic E-state index is 5.55. The van der Waals surface area contributed by atoms with Crippen LogP contribution in [0.15, 0.2) is 23.5 Å². The van der Waals surface area contributed by atoms with Crippen LogP contribution in [-0.4, -0.2) is 7.05 Å². The molecule has 0 amide bonds. The monoisotopic (exact) mass is 140 g/mol. The SMILES string of the molecule is CC/C=C\C(NC)=C(/C)N. The van der Waals surface area contributed by atoms with Crippen molar-refractivity contribution in [2.75, 3.05) is 7.05 Å². The second-order valence-electron chi connectivity index (χ2n) is 2.16. The summed E-state index contributed by atoms with van der Waals surface area (Å²) in [5.41, 5.74) is 7.38. The summed E-state index contributed by atoms with van der Waals surface area (Å²) in [7, 11) is 1.87. The van der Waals surface area contributed by atoms with Crippen LogP contribution in [0.2, 0.25) is 0 Å². The van der Waals surface area contributed by atoms with Crippen molar-refractivity contribution >= 4 is 0 Å². The molecule has 2 nitrogen and oxygen atoms in total. The van der Waals surface area contributed by atoms with Gasteiger partial charge in [-0.1, -0.05) is 13.0 Å². The first-order chi connectivity index (χ1) is 4.72. The Hall–Kier alpha value is -0.920. The summed E-state index contributed by atoms with van der Waals surface area (Å²) in [6.07, 6.45) is 5.11. The summed E-state index contributed by atoms with van der Waals surface area (Å²) in [4.78, 5) is 0. The summed E-state index contributed by atoms with van der Waals surface area (Å²) in [6, 6.07) is 0. The normalized spacial score (nSPS) is 13.5. The first kappa shape index (κ1) is 9.08. The van der Waals surface area contributed by atoms with Gasteiger partial charge in [-0.15, -0.1) is 0 Å². The predicted molar refractivity (Wildman–Crippen MR) is 45.4 cm³/mol. The quantitative estimate of drug-likeness (QED) is 0.581. The second kappa shape index (κ2) is 4.91. The molecule has 10 heavy (non-hydrogen) atoms. The Morgan fingerprint density at radius 2 is 2.20 bits per heavy atom. The van der Waals surface area contributed by atoms with Gasteiger partial charge in [-0.05, 0) is 19.4 Å². The van der Waals surface area contributed by atoms with Crippen molar-refractivity contribution in [3.63, 3.8) is 0 Å². The van der Waals surface area contributed by atoms with Gasteiger partial charge in [0.15, 0.2) is 0 Å². The maximum Gasteiger partial charge on any atom is 0.0522 e. The van der Waals surface area contributed by atoms with Gasteiger partial charge in [0.2, 0.25) is 0 Å². The van der Waals surface area contributed by atoms with Gasteiger partial charge in [0.1, 0.15) is 0 Å². The highest BCUT2D eigenvalue weighted by atomic mass is 14.8. The zero-order valence-electron chi connectivity index (χ0n) is 6.94. The highest BCUT2D eigenvalue weighted by molar-refractivity contribution is 5.20. The molecule has 0 radical (unpaired) electrons. The molecule has 0 saturated heterocycles. The second-order valence-corrected chi connectivity index (χ2v) is 2.16. The van der Waals surface area contributed by atoms with Crippen LogP contribution in [0.4, 0.5) is 0 Å². The summed E-state index contributed by atoms with van der Waals surface area (Å²) >= 11 is 0. The van der Waals surface area contributed by atoms with Crippen LogP contribution in [0.3, 0.4) is 0 Å². The Labute approximate surface area is 62.8 Å². The van der Waals surface area contributed by atoms with E-state index in [0.29, 0.717) is 0 Å². The van der Waals surface area contributed by atoms with E-state index in [1.165, 1.54) is 0 Å². The molecule has 0 atom stereocenters. The van der Waals surface area contributed by atoms with Crippen LogP contribution in [0.25, 0.3) is 0 Å². The van der Waals surface area contributed by atoms with Crippen molar-refractivity contribution in [2.45, 2.75) is 20.3 Å². The fourth-order valence-electron chi connectivity index (χ4n) is 0.648. The van der Waals surface area contributed by atoms with Gasteiger partial charge in [-0.3, -0.25) is 0 Å². The molecule has 0 fully saturated rings. The molecule has 0 aromatic rings. The molecule has 0 bridgehead atoms. The van der Waals surface area contributed by atoms with E-state index < -0.39 is 0 Å². The number of rotatable bonds is 3. The Kier molecular flexibility index (Phi) is 4.46. The maximum atomic E-state index is 5.55. The molecule has 0 rings (SSSR count). The van der Waals surface area contributed by atoms with Crippen LogP contribution in [0, 0.1) is 0 Å². The van der Waals surface area contributed by atoms with Crippen molar-refractivity contribution in [2.24, 2.45) is 5.73 Å². The number of nitrogens with two attached hydrogens (primary N) is 1. The van der Waals surface area contributed by atoms with E-state index in [0.717, 1.165) is 17.8 Å². The summed E-state index contributed by atoms with van der Waals surface area (Å²) < 4.78 is 0. The lowest BCUT2D eigenvalue weighted by molar-refractivity contribution is 0.985. The molecule has 0 aromatic carbocycles. The number of hydrogen-bond acceptors (Lipinski definition) is 2. The minimum Gasteiger partial charge on any atom is -0.401 e. The van der Waals surface area contributed by atoms with Gasteiger partial charge in [-0.25, -0.2) is 0 Å². The van der Waals surface area contributed by atoms with Crippen LogP contribution in [0.5, 0.6) is 0 Å². The fourth-order valence-corrected chi connectivity index (χ4v) is 0.648. The average molecular weight is 140 g/mol. The lowest BCUT2D eigenvalue weighted by atomic mass is 10.3. The molecule has 0 spiro atoms. The first-order valence-electron chi connectivity index (χ1n) is 3.53. The topological polar surface area (TPSA) is 38.0 Å². The van der Waals surface area contributed by atoms with Crippen molar-refractivity contribution in [1.29, 1.82) is 0 Å². The average Bonchev–Trinajstić information content (AvgIpc) is 1.89. The molecule has 0 aliphatic rings. The molecule has 0 saturated carbocycles. The van der Waals surface area contributed by atoms with E-state index in [2.05, 4.69) is 18.3 Å². The fraction of sp³-hybridized carbons (Fsp3) is 0.500. The lowest BCUT2D eigenvalue weighted by Crippen LogP contribution is -2.09. The highest BCUT2D eigenvalue weighted by Gasteiger charge is 1.87. The van der Waals surface area contributed by atoms with E-state index in [9.17, 15) is 0 Å². The van der Waals surface area contributed by atoms with Gasteiger partial charge in [0.05, 0.1) is 5.70 Å². The van der Waals surface area contributed by atoms with Gasteiger partial charge >= 0.3 is 0 Å². The molecule has 3 N–H and O–H groups in total. The summed E-state index contributed by atoms with van der Waals surface area (Å²) in [6.45, 7) is 3.97. The molecule has 0 heterocycles. The Balaban J connectivity index is 4.10. The third kappa shape index (κ3) is 3.17. The van der Waals surface area contributed by atoms with Crippen molar-refractivity contribution in [1.82, 2.24) is 5.32 Å². The van der Waals surface area contributed by atoms with Crippen molar-refractivity contribution < 1.29 is 0 Å². The summed E-state index contributed by atoms with van der Waals surface area (Å²) in [5, 5.41) is 3.00. The van der Waals surface area contributed by atoms with E-state index >= 15 is 0 Å². The molecular formula is C8H16N2. The first-order valence-corrected chi connectivity index (χ1v) is 3.53. The standard InChI is InChI=1S/C8H16N2/c1-4-5-6-8(10-3)7(2)9/h5-6,10H,4,9H2,1-3H3/b6-5-,8-7-. The molecular weight excluding hydrogens is 124 g/mol. The van der Waals surface area contributed by atoms with E-state index in [1.54, 1.807) is 0 Å². The zero-order valence-corrected chi connectivity index (χ0v) is 6.94. The number of hydrogen-bond donors (Lipinski definition) is 2. The molecule has 0 aromatic heterocycles. The molecule has 0 aliphatic carbocycles. The zero-order chi connectivity index (χ0) is 7.98. The van der Waals surface area contributed by atoms with Gasteiger partial charge in [0, 0.05) is 12.7 Å². The van der Waals surface area contributed by atoms with Crippen LogP contribution < -0.4 is 11.1 Å². The Bertz CT molecular complexity index is 141. The van der Waals surface area contributed by atoms with E-state index in [-0.39, 0.29) is 0 Å². The van der Waals surface area contributed by atoms with Crippen molar-refractivity contribution in [3.8, 4) is 0 Å². The largest absolute Gasteiger partial charge is 0.401 e. The summed E-state index contributed by atoms with van der Waals surface area (Å²) in [5.74, 6) is 0. The van der Waals surface area contributed by atoms with E-state index in [1.807, 2.05) is 20.0 Å². The molecule has 2 heteroatoms. The molecule has 58 valence electrons. The van der Waals surface area contributed by atoms with E-state index in [4.69, 9.17) is 5.73 Å². The Morgan fingerprint density at radius 1 is 1.60 bits per heavy atom. The van der Waals surface area contributed by atoms with Crippen LogP contribution in [0.1, 0.15) is 20.3 Å². The molecule has 0 unspecified atom stereocenters. The van der Waals surface area contributed by atoms with Crippen molar-refractivity contribution in [3.05, 3.63) is 23.5 Å². The highest BCUT2D eigenvalue weighted by Crippen LogP contribution is 1.95. The number of likely N-dealkylation sites (N-methyl/N-ethyl adjacent to an activating group) is 1. The van der Waals surface area contributed by atoms with Crippen LogP contribution in [-0.2, 0) is 0 Å². The predicted octanol–water partition coefficient (Wildman–Crippen LogP) is 1.36. The Morgan fingerprint density at radius 3 is 2.50 bits per heavy atom. The van der Waals surface area contributed by atoms with Gasteiger partial charge < -0.3 is 11.1 Å². The van der Waals surface area contributed by atoms with Gasteiger partial charge in [0.25, 0.3) is 0 Å². The third-order valence-corrected chi connectivity index (χ3v) is 1.21. The van der Waals surface area contributed by atoms with Gasteiger partial charge in [-0.2, -0.15) is 0 Å². The van der Waals surface area contributed by atoms with Crippen LogP contribution >= 0.6 is 0 Å². The lowest BCUT2D eigenvalue weighted by Gasteiger charge is -2.01. The number of nitrogens with one attached hydrogen (secondary N) is 1. The third-order valence-electron chi connectivity index (χ3n) is 1.21.